The van der Waals surface area contributed by atoms with Crippen LogP contribution in [0.2, 0.25) is 0 Å². The number of nitrogens with one attached hydrogen (secondary N) is 1. The topological polar surface area (TPSA) is 93.8 Å². The molecule has 0 saturated carbocycles. The Hall–Kier alpha value is -2.50. The smallest absolute Gasteiger partial charge is 0.272 e. The quantitative estimate of drug-likeness (QED) is 0.827. The van der Waals surface area contributed by atoms with E-state index in [1.807, 2.05) is 19.1 Å². The van der Waals surface area contributed by atoms with Crippen molar-refractivity contribution < 1.29 is 4.79 Å². The van der Waals surface area contributed by atoms with Gasteiger partial charge >= 0.3 is 0 Å². The molecule has 1 amide bonds. The van der Waals surface area contributed by atoms with E-state index >= 15 is 0 Å². The molecule has 2 heterocycles. The fraction of sp³-hybridized carbons (Fsp3) is 0.167. The van der Waals surface area contributed by atoms with Gasteiger partial charge in [-0.25, -0.2) is 0 Å². The van der Waals surface area contributed by atoms with Crippen LogP contribution >= 0.6 is 0 Å². The van der Waals surface area contributed by atoms with Crippen molar-refractivity contribution in [2.75, 3.05) is 5.73 Å². The lowest BCUT2D eigenvalue weighted by Gasteiger charge is -2.06. The first-order valence-corrected chi connectivity index (χ1v) is 5.44. The van der Waals surface area contributed by atoms with Crippen molar-refractivity contribution in [1.29, 1.82) is 0 Å². The van der Waals surface area contributed by atoms with Gasteiger partial charge in [0, 0.05) is 6.20 Å². The highest BCUT2D eigenvalue weighted by molar-refractivity contribution is 5.92. The number of aromatic nitrogens is 3. The lowest BCUT2D eigenvalue weighted by molar-refractivity contribution is 0.0944. The Morgan fingerprint density at radius 3 is 2.83 bits per heavy atom. The van der Waals surface area contributed by atoms with Crippen molar-refractivity contribution in [3.63, 3.8) is 0 Å². The van der Waals surface area contributed by atoms with Crippen molar-refractivity contribution in [2.24, 2.45) is 0 Å². The molecule has 0 aromatic carbocycles. The molecule has 6 heteroatoms. The van der Waals surface area contributed by atoms with E-state index in [4.69, 9.17) is 5.73 Å². The number of aryl methyl sites for hydroxylation is 1. The van der Waals surface area contributed by atoms with E-state index in [1.54, 1.807) is 6.20 Å². The summed E-state index contributed by atoms with van der Waals surface area (Å²) in [6.07, 6.45) is 1.69. The van der Waals surface area contributed by atoms with E-state index in [1.165, 1.54) is 12.1 Å². The van der Waals surface area contributed by atoms with Gasteiger partial charge in [-0.2, -0.15) is 0 Å². The number of pyridine rings is 1. The molecule has 0 aliphatic heterocycles. The average molecular weight is 243 g/mol. The van der Waals surface area contributed by atoms with E-state index in [9.17, 15) is 4.79 Å². The summed E-state index contributed by atoms with van der Waals surface area (Å²) in [5.74, 6) is -0.0142. The zero-order valence-electron chi connectivity index (χ0n) is 9.92. The minimum absolute atomic E-state index is 0.234. The molecule has 3 N–H and O–H groups in total. The van der Waals surface area contributed by atoms with Crippen molar-refractivity contribution >= 4 is 11.7 Å². The van der Waals surface area contributed by atoms with Crippen LogP contribution in [0.3, 0.4) is 0 Å². The zero-order chi connectivity index (χ0) is 13.0. The monoisotopic (exact) mass is 243 g/mol. The zero-order valence-corrected chi connectivity index (χ0v) is 9.92. The van der Waals surface area contributed by atoms with Crippen LogP contribution in [0.25, 0.3) is 0 Å². The van der Waals surface area contributed by atoms with Gasteiger partial charge in [0.15, 0.2) is 5.69 Å². The first-order chi connectivity index (χ1) is 8.66. The van der Waals surface area contributed by atoms with Gasteiger partial charge in [-0.1, -0.05) is 6.07 Å². The van der Waals surface area contributed by atoms with E-state index < -0.39 is 0 Å². The second kappa shape index (κ2) is 5.22. The minimum atomic E-state index is -0.299. The lowest BCUT2D eigenvalue weighted by atomic mass is 10.2. The van der Waals surface area contributed by atoms with Crippen LogP contribution in [0.1, 0.15) is 21.7 Å². The van der Waals surface area contributed by atoms with Gasteiger partial charge in [0.25, 0.3) is 5.91 Å². The number of rotatable bonds is 3. The lowest BCUT2D eigenvalue weighted by Crippen LogP contribution is -2.25. The summed E-state index contributed by atoms with van der Waals surface area (Å²) >= 11 is 0. The molecule has 2 aromatic rings. The molecule has 0 atom stereocenters. The number of hydrogen-bond donors (Lipinski definition) is 2. The number of anilines is 1. The molecule has 0 saturated heterocycles. The summed E-state index contributed by atoms with van der Waals surface area (Å²) < 4.78 is 0. The maximum absolute atomic E-state index is 11.8. The van der Waals surface area contributed by atoms with Gasteiger partial charge in [0.2, 0.25) is 0 Å². The number of nitrogens with zero attached hydrogens (tertiary/aromatic N) is 3. The third-order valence-corrected chi connectivity index (χ3v) is 2.45. The number of nitrogen functional groups attached to an aromatic ring is 1. The number of hydrogen-bond acceptors (Lipinski definition) is 5. The molecule has 0 bridgehead atoms. The molecule has 0 fully saturated rings. The highest BCUT2D eigenvalue weighted by Gasteiger charge is 2.08. The maximum atomic E-state index is 11.8. The van der Waals surface area contributed by atoms with Gasteiger partial charge in [-0.05, 0) is 30.7 Å². The van der Waals surface area contributed by atoms with Crippen LogP contribution in [0.5, 0.6) is 0 Å². The molecule has 6 nitrogen and oxygen atoms in total. The van der Waals surface area contributed by atoms with Crippen LogP contribution in [0, 0.1) is 6.92 Å². The molecular formula is C12H13N5O. The molecule has 2 rings (SSSR count). The fourth-order valence-electron chi connectivity index (χ4n) is 1.42. The first kappa shape index (κ1) is 12.0. The van der Waals surface area contributed by atoms with Crippen LogP contribution in [0.15, 0.2) is 30.5 Å². The maximum Gasteiger partial charge on any atom is 0.272 e. The number of nitrogens with two attached hydrogens (primary N) is 1. The molecule has 0 unspecified atom stereocenters. The minimum Gasteiger partial charge on any atom is -0.382 e. The number of carbonyl (C=O) groups is 1. The van der Waals surface area contributed by atoms with E-state index in [-0.39, 0.29) is 17.4 Å². The standard InChI is InChI=1S/C12H13N5O/c1-8-3-2-6-14-10(8)7-15-12(18)9-4-5-11(13)17-16-9/h2-6H,7H2,1H3,(H2,13,17)(H,15,18). The normalized spacial score (nSPS) is 10.1. The highest BCUT2D eigenvalue weighted by Crippen LogP contribution is 2.03. The SMILES string of the molecule is Cc1cccnc1CNC(=O)c1ccc(N)nn1. The Balaban J connectivity index is 2.01. The molecule has 0 radical (unpaired) electrons. The molecule has 92 valence electrons. The predicted molar refractivity (Wildman–Crippen MR) is 66.6 cm³/mol. The molecule has 0 aliphatic rings. The van der Waals surface area contributed by atoms with Crippen molar-refractivity contribution in [3.05, 3.63) is 47.4 Å². The van der Waals surface area contributed by atoms with E-state index in [0.717, 1.165) is 11.3 Å². The summed E-state index contributed by atoms with van der Waals surface area (Å²) in [6, 6.07) is 6.86. The Kier molecular flexibility index (Phi) is 3.47. The van der Waals surface area contributed by atoms with Gasteiger partial charge in [0.05, 0.1) is 12.2 Å². The van der Waals surface area contributed by atoms with E-state index in [0.29, 0.717) is 6.54 Å². The first-order valence-electron chi connectivity index (χ1n) is 5.44. The summed E-state index contributed by atoms with van der Waals surface area (Å²) in [6.45, 7) is 2.30. The fourth-order valence-corrected chi connectivity index (χ4v) is 1.42. The Bertz CT molecular complexity index is 553. The summed E-state index contributed by atoms with van der Waals surface area (Å²) in [5, 5.41) is 10.1. The highest BCUT2D eigenvalue weighted by atomic mass is 16.1. The van der Waals surface area contributed by atoms with Crippen LogP contribution in [-0.2, 0) is 6.54 Å². The van der Waals surface area contributed by atoms with Gasteiger partial charge in [-0.15, -0.1) is 10.2 Å². The number of carbonyl (C=O) groups excluding carboxylic acids is 1. The molecule has 0 spiro atoms. The summed E-state index contributed by atoms with van der Waals surface area (Å²) in [5.41, 5.74) is 7.49. The van der Waals surface area contributed by atoms with Crippen LogP contribution in [0.4, 0.5) is 5.82 Å². The Labute approximate surface area is 104 Å². The number of amides is 1. The Morgan fingerprint density at radius 1 is 1.33 bits per heavy atom. The van der Waals surface area contributed by atoms with E-state index in [2.05, 4.69) is 20.5 Å². The average Bonchev–Trinajstić information content (AvgIpc) is 2.38. The second-order valence-electron chi connectivity index (χ2n) is 3.79. The predicted octanol–water partition coefficient (Wildman–Crippen LogP) is 0.692. The van der Waals surface area contributed by atoms with Crippen molar-refractivity contribution in [1.82, 2.24) is 20.5 Å². The summed E-state index contributed by atoms with van der Waals surface area (Å²) in [4.78, 5) is 15.9. The molecule has 0 aliphatic carbocycles. The largest absolute Gasteiger partial charge is 0.382 e. The van der Waals surface area contributed by atoms with Gasteiger partial charge in [0.1, 0.15) is 5.82 Å². The Morgan fingerprint density at radius 2 is 2.17 bits per heavy atom. The van der Waals surface area contributed by atoms with Crippen LogP contribution < -0.4 is 11.1 Å². The van der Waals surface area contributed by atoms with Gasteiger partial charge < -0.3 is 11.1 Å². The summed E-state index contributed by atoms with van der Waals surface area (Å²) in [7, 11) is 0. The van der Waals surface area contributed by atoms with Crippen molar-refractivity contribution in [2.45, 2.75) is 13.5 Å². The third kappa shape index (κ3) is 2.79. The third-order valence-electron chi connectivity index (χ3n) is 2.45. The van der Waals surface area contributed by atoms with Crippen LogP contribution in [-0.4, -0.2) is 21.1 Å². The molecule has 18 heavy (non-hydrogen) atoms. The second-order valence-corrected chi connectivity index (χ2v) is 3.79. The molecular weight excluding hydrogens is 230 g/mol. The van der Waals surface area contributed by atoms with Gasteiger partial charge in [-0.3, -0.25) is 9.78 Å². The van der Waals surface area contributed by atoms with Crippen molar-refractivity contribution in [3.8, 4) is 0 Å². The molecule has 2 aromatic heterocycles.